The number of aryl methyl sites for hydroxylation is 1. The summed E-state index contributed by atoms with van der Waals surface area (Å²) in [7, 11) is 0. The minimum atomic E-state index is -0.646. The van der Waals surface area contributed by atoms with Crippen molar-refractivity contribution in [2.75, 3.05) is 0 Å². The van der Waals surface area contributed by atoms with Crippen LogP contribution in [0.4, 0.5) is 0 Å². The second-order valence-corrected chi connectivity index (χ2v) is 5.21. The predicted molar refractivity (Wildman–Crippen MR) is 69.3 cm³/mol. The Balaban J connectivity index is 1.89. The molecule has 1 saturated heterocycles. The monoisotopic (exact) mass is 248 g/mol. The minimum absolute atomic E-state index is 0.122. The second-order valence-electron chi connectivity index (χ2n) is 5.21. The van der Waals surface area contributed by atoms with Crippen molar-refractivity contribution in [3.05, 3.63) is 35.9 Å². The molecule has 1 aromatic carbocycles. The molecule has 3 heteroatoms. The molecule has 2 unspecified atom stereocenters. The highest BCUT2D eigenvalue weighted by atomic mass is 16.8. The van der Waals surface area contributed by atoms with Crippen molar-refractivity contribution in [2.45, 2.75) is 51.6 Å². The number of ether oxygens (including phenoxy) is 2. The number of carbonyl (C=O) groups excluding carboxylic acids is 1. The lowest BCUT2D eigenvalue weighted by atomic mass is 10.0. The Bertz CT molecular complexity index is 411. The van der Waals surface area contributed by atoms with Gasteiger partial charge in [0.2, 0.25) is 0 Å². The third-order valence-electron chi connectivity index (χ3n) is 3.13. The third kappa shape index (κ3) is 3.18. The van der Waals surface area contributed by atoms with Crippen molar-refractivity contribution < 1.29 is 14.3 Å². The number of rotatable bonds is 4. The molecule has 1 aliphatic rings. The van der Waals surface area contributed by atoms with Gasteiger partial charge in [-0.2, -0.15) is 0 Å². The van der Waals surface area contributed by atoms with Crippen molar-refractivity contribution in [2.24, 2.45) is 0 Å². The summed E-state index contributed by atoms with van der Waals surface area (Å²) in [5.41, 5.74) is 1.18. The zero-order valence-corrected chi connectivity index (χ0v) is 11.2. The van der Waals surface area contributed by atoms with Crippen LogP contribution in [-0.4, -0.2) is 23.8 Å². The van der Waals surface area contributed by atoms with E-state index in [2.05, 4.69) is 0 Å². The van der Waals surface area contributed by atoms with Gasteiger partial charge < -0.3 is 9.47 Å². The van der Waals surface area contributed by atoms with Gasteiger partial charge in [-0.15, -0.1) is 0 Å². The maximum absolute atomic E-state index is 12.1. The van der Waals surface area contributed by atoms with Gasteiger partial charge in [0, 0.05) is 6.42 Å². The molecule has 0 aromatic heterocycles. The van der Waals surface area contributed by atoms with Crippen molar-refractivity contribution in [1.29, 1.82) is 0 Å². The second kappa shape index (κ2) is 5.21. The molecule has 2 rings (SSSR count). The Kier molecular flexibility index (Phi) is 3.83. The van der Waals surface area contributed by atoms with Crippen molar-refractivity contribution in [3.8, 4) is 0 Å². The molecular formula is C15H20O3. The molecule has 1 fully saturated rings. The van der Waals surface area contributed by atoms with Gasteiger partial charge in [0.25, 0.3) is 0 Å². The van der Waals surface area contributed by atoms with E-state index in [1.165, 1.54) is 5.56 Å². The first-order valence-corrected chi connectivity index (χ1v) is 6.40. The van der Waals surface area contributed by atoms with E-state index in [0.717, 1.165) is 6.42 Å². The van der Waals surface area contributed by atoms with E-state index in [-0.39, 0.29) is 11.9 Å². The maximum atomic E-state index is 12.1. The molecule has 0 radical (unpaired) electrons. The Hall–Kier alpha value is -1.19. The van der Waals surface area contributed by atoms with Crippen LogP contribution in [0, 0.1) is 0 Å². The van der Waals surface area contributed by atoms with E-state index < -0.39 is 11.9 Å². The average molecular weight is 248 g/mol. The van der Waals surface area contributed by atoms with Gasteiger partial charge in [-0.05, 0) is 32.8 Å². The van der Waals surface area contributed by atoms with Gasteiger partial charge in [0.05, 0.1) is 6.10 Å². The molecule has 98 valence electrons. The average Bonchev–Trinajstić information content (AvgIpc) is 2.61. The van der Waals surface area contributed by atoms with Gasteiger partial charge in [-0.3, -0.25) is 4.79 Å². The number of benzene rings is 1. The van der Waals surface area contributed by atoms with Crippen LogP contribution in [0.5, 0.6) is 0 Å². The molecule has 1 heterocycles. The summed E-state index contributed by atoms with van der Waals surface area (Å²) >= 11 is 0. The topological polar surface area (TPSA) is 35.5 Å². The fraction of sp³-hybridized carbons (Fsp3) is 0.533. The number of hydrogen-bond donors (Lipinski definition) is 0. The molecule has 0 N–H and O–H groups in total. The van der Waals surface area contributed by atoms with Crippen molar-refractivity contribution in [1.82, 2.24) is 0 Å². The van der Waals surface area contributed by atoms with Gasteiger partial charge in [-0.25, -0.2) is 0 Å². The smallest absolute Gasteiger partial charge is 0.164 e. The Morgan fingerprint density at radius 2 is 1.89 bits per heavy atom. The van der Waals surface area contributed by atoms with Crippen LogP contribution >= 0.6 is 0 Å². The molecule has 0 bridgehead atoms. The highest BCUT2D eigenvalue weighted by molar-refractivity contribution is 5.84. The maximum Gasteiger partial charge on any atom is 0.164 e. The SMILES string of the molecule is CC1OC(C)(C)OC1C(=O)CCc1ccccc1. The molecule has 3 nitrogen and oxygen atoms in total. The molecule has 18 heavy (non-hydrogen) atoms. The number of Topliss-reactive ketones (excluding diaryl/α,β-unsaturated/α-hetero) is 1. The first-order chi connectivity index (χ1) is 8.48. The normalized spacial score (nSPS) is 26.2. The van der Waals surface area contributed by atoms with E-state index in [9.17, 15) is 4.79 Å². The zero-order valence-electron chi connectivity index (χ0n) is 11.2. The number of ketones is 1. The first-order valence-electron chi connectivity index (χ1n) is 6.40. The van der Waals surface area contributed by atoms with Crippen LogP contribution in [-0.2, 0) is 20.7 Å². The van der Waals surface area contributed by atoms with Gasteiger partial charge in [0.1, 0.15) is 6.10 Å². The van der Waals surface area contributed by atoms with E-state index in [0.29, 0.717) is 6.42 Å². The van der Waals surface area contributed by atoms with Crippen LogP contribution in [0.1, 0.15) is 32.8 Å². The van der Waals surface area contributed by atoms with Crippen molar-refractivity contribution in [3.63, 3.8) is 0 Å². The van der Waals surface area contributed by atoms with Gasteiger partial charge in [-0.1, -0.05) is 30.3 Å². The molecule has 0 saturated carbocycles. The predicted octanol–water partition coefficient (Wildman–Crippen LogP) is 2.73. The molecule has 0 amide bonds. The quantitative estimate of drug-likeness (QED) is 0.822. The minimum Gasteiger partial charge on any atom is -0.344 e. The zero-order chi connectivity index (χ0) is 13.2. The van der Waals surface area contributed by atoms with E-state index in [1.807, 2.05) is 51.1 Å². The number of carbonyl (C=O) groups is 1. The summed E-state index contributed by atoms with van der Waals surface area (Å²) in [5.74, 6) is -0.524. The first kappa shape index (κ1) is 13.2. The Labute approximate surface area is 108 Å². The summed E-state index contributed by atoms with van der Waals surface area (Å²) < 4.78 is 11.2. The lowest BCUT2D eigenvalue weighted by Gasteiger charge is -2.16. The van der Waals surface area contributed by atoms with E-state index in [1.54, 1.807) is 0 Å². The summed E-state index contributed by atoms with van der Waals surface area (Å²) in [5, 5.41) is 0. The van der Waals surface area contributed by atoms with Crippen LogP contribution in [0.25, 0.3) is 0 Å². The summed E-state index contributed by atoms with van der Waals surface area (Å²) in [6, 6.07) is 10.0. The van der Waals surface area contributed by atoms with Crippen LogP contribution in [0.15, 0.2) is 30.3 Å². The molecule has 1 aliphatic heterocycles. The molecule has 0 spiro atoms. The largest absolute Gasteiger partial charge is 0.344 e. The molecular weight excluding hydrogens is 228 g/mol. The third-order valence-corrected chi connectivity index (χ3v) is 3.13. The van der Waals surface area contributed by atoms with E-state index in [4.69, 9.17) is 9.47 Å². The van der Waals surface area contributed by atoms with Crippen LogP contribution in [0.2, 0.25) is 0 Å². The number of hydrogen-bond acceptors (Lipinski definition) is 3. The highest BCUT2D eigenvalue weighted by Gasteiger charge is 2.42. The highest BCUT2D eigenvalue weighted by Crippen LogP contribution is 2.29. The lowest BCUT2D eigenvalue weighted by molar-refractivity contribution is -0.154. The molecule has 0 aliphatic carbocycles. The lowest BCUT2D eigenvalue weighted by Crippen LogP contribution is -2.30. The summed E-state index contributed by atoms with van der Waals surface area (Å²) in [6.07, 6.45) is 0.664. The van der Waals surface area contributed by atoms with Gasteiger partial charge in [0.15, 0.2) is 11.6 Å². The van der Waals surface area contributed by atoms with Crippen LogP contribution in [0.3, 0.4) is 0 Å². The Morgan fingerprint density at radius 1 is 1.22 bits per heavy atom. The van der Waals surface area contributed by atoms with Gasteiger partial charge >= 0.3 is 0 Å². The Morgan fingerprint density at radius 3 is 2.44 bits per heavy atom. The molecule has 1 aromatic rings. The van der Waals surface area contributed by atoms with Crippen LogP contribution < -0.4 is 0 Å². The summed E-state index contributed by atoms with van der Waals surface area (Å²) in [6.45, 7) is 5.57. The van der Waals surface area contributed by atoms with E-state index >= 15 is 0 Å². The summed E-state index contributed by atoms with van der Waals surface area (Å²) in [4.78, 5) is 12.1. The fourth-order valence-electron chi connectivity index (χ4n) is 2.32. The standard InChI is InChI=1S/C15H20O3/c1-11-14(18-15(2,3)17-11)13(16)10-9-12-7-5-4-6-8-12/h4-8,11,14H,9-10H2,1-3H3. The fourth-order valence-corrected chi connectivity index (χ4v) is 2.32. The molecule has 2 atom stereocenters. The van der Waals surface area contributed by atoms with Crippen molar-refractivity contribution >= 4 is 5.78 Å².